The van der Waals surface area contributed by atoms with Crippen LogP contribution in [0.15, 0.2) is 6.20 Å². The first kappa shape index (κ1) is 12.8. The van der Waals surface area contributed by atoms with Crippen LogP contribution in [0.5, 0.6) is 0 Å². The molecule has 2 atom stereocenters. The van der Waals surface area contributed by atoms with Crippen molar-refractivity contribution in [2.24, 2.45) is 0 Å². The second-order valence-corrected chi connectivity index (χ2v) is 6.05. The molecule has 0 aromatic carbocycles. The van der Waals surface area contributed by atoms with Gasteiger partial charge >= 0.3 is 0 Å². The van der Waals surface area contributed by atoms with Gasteiger partial charge in [-0.05, 0) is 25.9 Å². The van der Waals surface area contributed by atoms with Gasteiger partial charge in [-0.2, -0.15) is 0 Å². The maximum absolute atomic E-state index is 12.1. The van der Waals surface area contributed by atoms with E-state index in [-0.39, 0.29) is 11.9 Å². The molecule has 7 heteroatoms. The van der Waals surface area contributed by atoms with Crippen LogP contribution in [0.4, 0.5) is 5.13 Å². The van der Waals surface area contributed by atoms with Crippen molar-refractivity contribution in [1.29, 1.82) is 0 Å². The van der Waals surface area contributed by atoms with Gasteiger partial charge in [0.15, 0.2) is 5.13 Å². The van der Waals surface area contributed by atoms with Gasteiger partial charge in [0.1, 0.15) is 4.88 Å². The molecule has 2 aliphatic heterocycles. The van der Waals surface area contributed by atoms with E-state index in [1.807, 2.05) is 0 Å². The zero-order valence-electron chi connectivity index (χ0n) is 10.7. The fourth-order valence-electron chi connectivity index (χ4n) is 2.75. The Kier molecular flexibility index (Phi) is 3.67. The second-order valence-electron chi connectivity index (χ2n) is 4.99. The van der Waals surface area contributed by atoms with Gasteiger partial charge in [0.2, 0.25) is 0 Å². The molecule has 3 rings (SSSR count). The lowest BCUT2D eigenvalue weighted by Gasteiger charge is -2.27. The van der Waals surface area contributed by atoms with Crippen LogP contribution < -0.4 is 11.1 Å². The Hall–Kier alpha value is -1.18. The van der Waals surface area contributed by atoms with E-state index in [2.05, 4.69) is 15.2 Å². The molecule has 2 saturated heterocycles. The van der Waals surface area contributed by atoms with Gasteiger partial charge in [-0.15, -0.1) is 0 Å². The summed E-state index contributed by atoms with van der Waals surface area (Å²) < 4.78 is 5.53. The van der Waals surface area contributed by atoms with Crippen LogP contribution in [0.2, 0.25) is 0 Å². The molecule has 0 spiro atoms. The second kappa shape index (κ2) is 5.44. The molecule has 1 aromatic heterocycles. The number of likely N-dealkylation sites (tertiary alicyclic amines) is 1. The number of thiazole rings is 1. The van der Waals surface area contributed by atoms with Gasteiger partial charge in [-0.3, -0.25) is 9.69 Å². The van der Waals surface area contributed by atoms with E-state index < -0.39 is 0 Å². The van der Waals surface area contributed by atoms with Crippen molar-refractivity contribution in [3.05, 3.63) is 11.1 Å². The minimum atomic E-state index is -0.103. The molecule has 1 amide bonds. The van der Waals surface area contributed by atoms with E-state index in [9.17, 15) is 4.79 Å². The third-order valence-electron chi connectivity index (χ3n) is 3.72. The highest BCUT2D eigenvalue weighted by molar-refractivity contribution is 7.17. The summed E-state index contributed by atoms with van der Waals surface area (Å²) in [6.45, 7) is 3.50. The molecule has 3 N–H and O–H groups in total. The number of nitrogen functional groups attached to an aromatic ring is 1. The van der Waals surface area contributed by atoms with Crippen molar-refractivity contribution in [2.45, 2.75) is 24.9 Å². The molecule has 0 saturated carbocycles. The Morgan fingerprint density at radius 3 is 2.95 bits per heavy atom. The normalized spacial score (nSPS) is 27.8. The lowest BCUT2D eigenvalue weighted by atomic mass is 10.1. The number of anilines is 1. The van der Waals surface area contributed by atoms with Crippen molar-refractivity contribution in [2.75, 3.05) is 32.0 Å². The monoisotopic (exact) mass is 282 g/mol. The zero-order chi connectivity index (χ0) is 13.2. The molecule has 0 radical (unpaired) electrons. The van der Waals surface area contributed by atoms with E-state index >= 15 is 0 Å². The van der Waals surface area contributed by atoms with Crippen molar-refractivity contribution in [1.82, 2.24) is 15.2 Å². The van der Waals surface area contributed by atoms with Crippen LogP contribution in [0.25, 0.3) is 0 Å². The number of nitrogens with one attached hydrogen (secondary N) is 1. The molecule has 0 unspecified atom stereocenters. The average molecular weight is 282 g/mol. The van der Waals surface area contributed by atoms with Crippen LogP contribution in [-0.4, -0.2) is 54.2 Å². The van der Waals surface area contributed by atoms with Crippen LogP contribution in [0, 0.1) is 0 Å². The predicted octanol–water partition coefficient (Wildman–Crippen LogP) is 0.318. The number of amides is 1. The first-order chi connectivity index (χ1) is 9.24. The third kappa shape index (κ3) is 2.72. The van der Waals surface area contributed by atoms with E-state index in [4.69, 9.17) is 10.5 Å². The van der Waals surface area contributed by atoms with E-state index in [0.29, 0.717) is 29.3 Å². The fraction of sp³-hybridized carbons (Fsp3) is 0.667. The van der Waals surface area contributed by atoms with Crippen LogP contribution >= 0.6 is 11.3 Å². The molecule has 104 valence electrons. The van der Waals surface area contributed by atoms with Crippen molar-refractivity contribution in [3.8, 4) is 0 Å². The summed E-state index contributed by atoms with van der Waals surface area (Å²) in [6, 6.07) is 0.366. The number of hydrogen-bond donors (Lipinski definition) is 2. The first-order valence-electron chi connectivity index (χ1n) is 6.58. The predicted molar refractivity (Wildman–Crippen MR) is 73.2 cm³/mol. The van der Waals surface area contributed by atoms with Crippen LogP contribution in [-0.2, 0) is 4.74 Å². The Balaban J connectivity index is 1.63. The highest BCUT2D eigenvalue weighted by atomic mass is 32.1. The van der Waals surface area contributed by atoms with Gasteiger partial charge in [0.25, 0.3) is 5.91 Å². The minimum absolute atomic E-state index is 0.0638. The van der Waals surface area contributed by atoms with Gasteiger partial charge in [0, 0.05) is 0 Å². The molecule has 6 nitrogen and oxygen atoms in total. The molecule has 0 aliphatic carbocycles. The quantitative estimate of drug-likeness (QED) is 0.834. The minimum Gasteiger partial charge on any atom is -0.378 e. The van der Waals surface area contributed by atoms with Gasteiger partial charge in [0.05, 0.1) is 31.5 Å². The van der Waals surface area contributed by atoms with Crippen LogP contribution in [0.3, 0.4) is 0 Å². The van der Waals surface area contributed by atoms with Crippen molar-refractivity contribution < 1.29 is 9.53 Å². The topological polar surface area (TPSA) is 80.5 Å². The summed E-state index contributed by atoms with van der Waals surface area (Å²) in [5, 5.41) is 3.47. The smallest absolute Gasteiger partial charge is 0.263 e. The maximum atomic E-state index is 12.1. The number of aromatic nitrogens is 1. The Morgan fingerprint density at radius 1 is 1.47 bits per heavy atom. The Morgan fingerprint density at radius 2 is 2.26 bits per heavy atom. The molecule has 19 heavy (non-hydrogen) atoms. The van der Waals surface area contributed by atoms with Crippen LogP contribution in [0.1, 0.15) is 22.5 Å². The van der Waals surface area contributed by atoms with E-state index in [0.717, 1.165) is 13.1 Å². The zero-order valence-corrected chi connectivity index (χ0v) is 11.5. The number of carbonyl (C=O) groups excluding carboxylic acids is 1. The van der Waals surface area contributed by atoms with Crippen molar-refractivity contribution in [3.63, 3.8) is 0 Å². The Labute approximate surface area is 115 Å². The lowest BCUT2D eigenvalue weighted by molar-refractivity contribution is 0.0920. The van der Waals surface area contributed by atoms with E-state index in [1.165, 1.54) is 30.4 Å². The fourth-order valence-corrected chi connectivity index (χ4v) is 3.33. The molecular formula is C12H18N4O2S. The lowest BCUT2D eigenvalue weighted by Crippen LogP contribution is -2.50. The highest BCUT2D eigenvalue weighted by Crippen LogP contribution is 2.20. The molecule has 3 heterocycles. The molecular weight excluding hydrogens is 264 g/mol. The van der Waals surface area contributed by atoms with Gasteiger partial charge in [-0.1, -0.05) is 11.3 Å². The Bertz CT molecular complexity index is 458. The number of rotatable bonds is 3. The maximum Gasteiger partial charge on any atom is 0.263 e. The molecule has 0 bridgehead atoms. The molecule has 1 aromatic rings. The van der Waals surface area contributed by atoms with Crippen molar-refractivity contribution >= 4 is 22.4 Å². The highest BCUT2D eigenvalue weighted by Gasteiger charge is 2.35. The number of nitrogens with two attached hydrogens (primary N) is 1. The summed E-state index contributed by atoms with van der Waals surface area (Å²) in [5.74, 6) is -0.103. The van der Waals surface area contributed by atoms with E-state index in [1.54, 1.807) is 0 Å². The largest absolute Gasteiger partial charge is 0.378 e. The average Bonchev–Trinajstić information content (AvgIpc) is 3.07. The number of ether oxygens (including phenoxy) is 1. The first-order valence-corrected chi connectivity index (χ1v) is 7.39. The summed E-state index contributed by atoms with van der Waals surface area (Å²) in [5.41, 5.74) is 5.55. The van der Waals surface area contributed by atoms with Gasteiger partial charge in [-0.25, -0.2) is 4.98 Å². The summed E-state index contributed by atoms with van der Waals surface area (Å²) in [6.07, 6.45) is 4.00. The summed E-state index contributed by atoms with van der Waals surface area (Å²) in [7, 11) is 0. The number of hydrogen-bond acceptors (Lipinski definition) is 6. The SMILES string of the molecule is Nc1ncc(C(=O)N[C@H]2COC[C@@H]2N2CCCC2)s1. The number of carbonyl (C=O) groups is 1. The summed E-state index contributed by atoms with van der Waals surface area (Å²) >= 11 is 1.21. The van der Waals surface area contributed by atoms with Gasteiger partial charge < -0.3 is 15.8 Å². The summed E-state index contributed by atoms with van der Waals surface area (Å²) in [4.78, 5) is 19.0. The standard InChI is InChI=1S/C12H18N4O2S/c13-12-14-5-10(19-12)11(17)15-8-6-18-7-9(8)16-3-1-2-4-16/h5,8-9H,1-4,6-7H2,(H2,13,14)(H,15,17)/t8-,9-/m0/s1. The number of nitrogens with zero attached hydrogens (tertiary/aromatic N) is 2. The third-order valence-corrected chi connectivity index (χ3v) is 4.55. The molecule has 2 fully saturated rings. The molecule has 2 aliphatic rings.